The number of nitrogens with zero attached hydrogens (tertiary/aromatic N) is 2. The SMILES string of the molecule is O=C(Cc1ccc(N(Cc2ccccc2)C(=O)c2cccc(F)c2)cc1)N1CCOCC1. The highest BCUT2D eigenvalue weighted by molar-refractivity contribution is 6.06. The van der Waals surface area contributed by atoms with Crippen LogP contribution in [0.25, 0.3) is 0 Å². The van der Waals surface area contributed by atoms with Crippen LogP contribution in [0.5, 0.6) is 0 Å². The quantitative estimate of drug-likeness (QED) is 0.590. The third kappa shape index (κ3) is 5.39. The van der Waals surface area contributed by atoms with E-state index in [0.717, 1.165) is 11.1 Å². The Kier molecular flexibility index (Phi) is 6.92. The van der Waals surface area contributed by atoms with Crippen LogP contribution in [0.4, 0.5) is 10.1 Å². The zero-order valence-electron chi connectivity index (χ0n) is 17.7. The van der Waals surface area contributed by atoms with Gasteiger partial charge in [-0.2, -0.15) is 0 Å². The van der Waals surface area contributed by atoms with Gasteiger partial charge in [-0.15, -0.1) is 0 Å². The summed E-state index contributed by atoms with van der Waals surface area (Å²) >= 11 is 0. The van der Waals surface area contributed by atoms with Crippen LogP contribution in [0.2, 0.25) is 0 Å². The van der Waals surface area contributed by atoms with E-state index in [1.54, 1.807) is 11.0 Å². The third-order valence-corrected chi connectivity index (χ3v) is 5.47. The smallest absolute Gasteiger partial charge is 0.258 e. The number of benzene rings is 3. The Hall–Kier alpha value is -3.51. The van der Waals surface area contributed by atoms with Crippen molar-refractivity contribution in [3.8, 4) is 0 Å². The molecule has 5 nitrogen and oxygen atoms in total. The molecule has 0 spiro atoms. The van der Waals surface area contributed by atoms with Crippen LogP contribution in [0, 0.1) is 5.82 Å². The number of ether oxygens (including phenoxy) is 1. The average molecular weight is 432 g/mol. The minimum atomic E-state index is -0.451. The highest BCUT2D eigenvalue weighted by atomic mass is 19.1. The number of anilines is 1. The van der Waals surface area contributed by atoms with E-state index in [1.807, 2.05) is 59.5 Å². The summed E-state index contributed by atoms with van der Waals surface area (Å²) in [6.07, 6.45) is 0.302. The number of amides is 2. The Morgan fingerprint density at radius 2 is 1.59 bits per heavy atom. The van der Waals surface area contributed by atoms with Crippen molar-refractivity contribution < 1.29 is 18.7 Å². The second-order valence-corrected chi connectivity index (χ2v) is 7.72. The highest BCUT2D eigenvalue weighted by Gasteiger charge is 2.20. The molecule has 0 atom stereocenters. The second-order valence-electron chi connectivity index (χ2n) is 7.72. The highest BCUT2D eigenvalue weighted by Crippen LogP contribution is 2.22. The van der Waals surface area contributed by atoms with Crippen LogP contribution in [0.1, 0.15) is 21.5 Å². The normalized spacial score (nSPS) is 13.6. The molecule has 6 heteroatoms. The van der Waals surface area contributed by atoms with E-state index in [0.29, 0.717) is 45.0 Å². The molecule has 1 saturated heterocycles. The molecular formula is C26H25FN2O3. The minimum absolute atomic E-state index is 0.0676. The lowest BCUT2D eigenvalue weighted by Crippen LogP contribution is -2.41. The maximum atomic E-state index is 13.7. The zero-order chi connectivity index (χ0) is 22.3. The first-order valence-corrected chi connectivity index (χ1v) is 10.7. The summed E-state index contributed by atoms with van der Waals surface area (Å²) in [5.74, 6) is -0.670. The van der Waals surface area contributed by atoms with Crippen LogP contribution in [-0.4, -0.2) is 43.0 Å². The Balaban J connectivity index is 1.55. The number of morpholine rings is 1. The summed E-state index contributed by atoms with van der Waals surface area (Å²) in [5.41, 5.74) is 2.81. The first-order valence-electron chi connectivity index (χ1n) is 10.7. The molecule has 3 aromatic rings. The molecule has 1 aliphatic heterocycles. The number of carbonyl (C=O) groups excluding carboxylic acids is 2. The number of hydrogen-bond acceptors (Lipinski definition) is 3. The molecule has 2 amide bonds. The molecule has 32 heavy (non-hydrogen) atoms. The molecule has 0 N–H and O–H groups in total. The summed E-state index contributed by atoms with van der Waals surface area (Å²) in [6.45, 7) is 2.72. The van der Waals surface area contributed by atoms with Crippen molar-refractivity contribution in [2.24, 2.45) is 0 Å². The predicted octanol–water partition coefficient (Wildman–Crippen LogP) is 4.07. The lowest BCUT2D eigenvalue weighted by atomic mass is 10.1. The Morgan fingerprint density at radius 1 is 0.875 bits per heavy atom. The average Bonchev–Trinajstić information content (AvgIpc) is 2.84. The second kappa shape index (κ2) is 10.2. The molecule has 1 fully saturated rings. The van der Waals surface area contributed by atoms with Gasteiger partial charge in [0.15, 0.2) is 0 Å². The first kappa shape index (κ1) is 21.7. The van der Waals surface area contributed by atoms with Crippen LogP contribution < -0.4 is 4.90 Å². The van der Waals surface area contributed by atoms with E-state index in [1.165, 1.54) is 18.2 Å². The molecule has 164 valence electrons. The summed E-state index contributed by atoms with van der Waals surface area (Å²) in [6, 6.07) is 22.8. The van der Waals surface area contributed by atoms with Crippen molar-refractivity contribution in [1.29, 1.82) is 0 Å². The van der Waals surface area contributed by atoms with E-state index in [9.17, 15) is 14.0 Å². The molecule has 0 radical (unpaired) electrons. The minimum Gasteiger partial charge on any atom is -0.378 e. The predicted molar refractivity (Wildman–Crippen MR) is 121 cm³/mol. The molecule has 0 aliphatic carbocycles. The van der Waals surface area contributed by atoms with Crippen molar-refractivity contribution in [3.63, 3.8) is 0 Å². The fourth-order valence-electron chi connectivity index (χ4n) is 3.72. The monoisotopic (exact) mass is 432 g/mol. The van der Waals surface area contributed by atoms with Crippen molar-refractivity contribution in [2.45, 2.75) is 13.0 Å². The summed E-state index contributed by atoms with van der Waals surface area (Å²) in [4.78, 5) is 29.2. The molecule has 1 heterocycles. The maximum Gasteiger partial charge on any atom is 0.258 e. The molecule has 0 saturated carbocycles. The van der Waals surface area contributed by atoms with Crippen molar-refractivity contribution in [3.05, 3.63) is 101 Å². The number of hydrogen-bond donors (Lipinski definition) is 0. The summed E-state index contributed by atoms with van der Waals surface area (Å²) in [5, 5.41) is 0. The van der Waals surface area contributed by atoms with Gasteiger partial charge in [0, 0.05) is 24.3 Å². The van der Waals surface area contributed by atoms with E-state index >= 15 is 0 Å². The van der Waals surface area contributed by atoms with Crippen LogP contribution in [0.15, 0.2) is 78.9 Å². The van der Waals surface area contributed by atoms with Crippen LogP contribution in [0.3, 0.4) is 0 Å². The van der Waals surface area contributed by atoms with Gasteiger partial charge in [-0.05, 0) is 41.5 Å². The zero-order valence-corrected chi connectivity index (χ0v) is 17.7. The number of halogens is 1. The summed E-state index contributed by atoms with van der Waals surface area (Å²) in [7, 11) is 0. The fourth-order valence-corrected chi connectivity index (χ4v) is 3.72. The van der Waals surface area contributed by atoms with Gasteiger partial charge in [0.2, 0.25) is 5.91 Å². The lowest BCUT2D eigenvalue weighted by Gasteiger charge is -2.27. The van der Waals surface area contributed by atoms with Gasteiger partial charge in [0.25, 0.3) is 5.91 Å². The Morgan fingerprint density at radius 3 is 2.28 bits per heavy atom. The maximum absolute atomic E-state index is 13.7. The fraction of sp³-hybridized carbons (Fsp3) is 0.231. The van der Waals surface area contributed by atoms with Crippen LogP contribution >= 0.6 is 0 Å². The molecule has 0 unspecified atom stereocenters. The molecular weight excluding hydrogens is 407 g/mol. The van der Waals surface area contributed by atoms with E-state index in [2.05, 4.69) is 0 Å². The van der Waals surface area contributed by atoms with Crippen LogP contribution in [-0.2, 0) is 22.5 Å². The topological polar surface area (TPSA) is 49.9 Å². The Bertz CT molecular complexity index is 1060. The number of rotatable bonds is 6. The van der Waals surface area contributed by atoms with E-state index in [4.69, 9.17) is 4.74 Å². The molecule has 0 bridgehead atoms. The largest absolute Gasteiger partial charge is 0.378 e. The summed E-state index contributed by atoms with van der Waals surface area (Å²) < 4.78 is 19.0. The van der Waals surface area contributed by atoms with Crippen molar-refractivity contribution >= 4 is 17.5 Å². The standard InChI is InChI=1S/C26H25FN2O3/c27-23-8-4-7-22(18-23)26(31)29(19-21-5-2-1-3-6-21)24-11-9-20(10-12-24)17-25(30)28-13-15-32-16-14-28/h1-12,18H,13-17,19H2. The Labute approximate surface area is 187 Å². The van der Waals surface area contributed by atoms with E-state index < -0.39 is 5.82 Å². The van der Waals surface area contributed by atoms with E-state index in [-0.39, 0.29) is 17.4 Å². The molecule has 1 aliphatic rings. The first-order chi connectivity index (χ1) is 15.6. The lowest BCUT2D eigenvalue weighted by molar-refractivity contribution is -0.134. The third-order valence-electron chi connectivity index (χ3n) is 5.47. The van der Waals surface area contributed by atoms with Crippen molar-refractivity contribution in [1.82, 2.24) is 4.90 Å². The molecule has 4 rings (SSSR count). The molecule has 0 aromatic heterocycles. The van der Waals surface area contributed by atoms with Gasteiger partial charge >= 0.3 is 0 Å². The van der Waals surface area contributed by atoms with Gasteiger partial charge in [-0.25, -0.2) is 4.39 Å². The van der Waals surface area contributed by atoms with Crippen molar-refractivity contribution in [2.75, 3.05) is 31.2 Å². The number of carbonyl (C=O) groups is 2. The van der Waals surface area contributed by atoms with Gasteiger partial charge < -0.3 is 14.5 Å². The van der Waals surface area contributed by atoms with Gasteiger partial charge in [0.05, 0.1) is 26.2 Å². The van der Waals surface area contributed by atoms with Gasteiger partial charge in [-0.3, -0.25) is 9.59 Å². The van der Waals surface area contributed by atoms with Gasteiger partial charge in [0.1, 0.15) is 5.82 Å². The van der Waals surface area contributed by atoms with Gasteiger partial charge in [-0.1, -0.05) is 48.5 Å². The molecule has 3 aromatic carbocycles.